The largest absolute Gasteiger partial charge is 0.320 e. The Hall–Kier alpha value is -0.340. The average Bonchev–Trinajstić information content (AvgIpc) is 1.97. The molecule has 2 nitrogen and oxygen atoms in total. The maximum Gasteiger partial charge on any atom is 0.00386 e. The molecule has 2 heteroatoms. The number of hydrogen-bond donors (Lipinski definition) is 1. The summed E-state index contributed by atoms with van der Waals surface area (Å²) in [5.74, 6) is 0.623. The van der Waals surface area contributed by atoms with E-state index in [1.807, 2.05) is 13.1 Å². The summed E-state index contributed by atoms with van der Waals surface area (Å²) in [6, 6.07) is 0. The van der Waals surface area contributed by atoms with Crippen LogP contribution in [-0.4, -0.2) is 39.1 Å². The van der Waals surface area contributed by atoms with Crippen molar-refractivity contribution in [3.05, 3.63) is 12.7 Å². The average molecular weight is 156 g/mol. The molecule has 0 aliphatic carbocycles. The first-order valence-electron chi connectivity index (χ1n) is 4.12. The van der Waals surface area contributed by atoms with E-state index < -0.39 is 0 Å². The Balaban J connectivity index is 3.49. The van der Waals surface area contributed by atoms with Gasteiger partial charge in [0.2, 0.25) is 0 Å². The molecule has 0 heterocycles. The molecule has 0 bridgehead atoms. The summed E-state index contributed by atoms with van der Waals surface area (Å²) in [6.07, 6.45) is 3.22. The fourth-order valence-corrected chi connectivity index (χ4v) is 1.08. The highest BCUT2D eigenvalue weighted by Crippen LogP contribution is 2.03. The molecule has 0 amide bonds. The summed E-state index contributed by atoms with van der Waals surface area (Å²) in [4.78, 5) is 2.20. The molecule has 0 aliphatic rings. The molecule has 0 aromatic carbocycles. The van der Waals surface area contributed by atoms with E-state index in [0.717, 1.165) is 13.1 Å². The molecular weight excluding hydrogens is 136 g/mol. The SMILES string of the molecule is C=CC(CCNC)CN(C)C. The lowest BCUT2D eigenvalue weighted by atomic mass is 10.1. The van der Waals surface area contributed by atoms with E-state index in [1.165, 1.54) is 6.42 Å². The zero-order valence-corrected chi connectivity index (χ0v) is 7.93. The minimum atomic E-state index is 0.623. The molecule has 0 rings (SSSR count). The predicted octanol–water partition coefficient (Wildman–Crippen LogP) is 0.960. The Morgan fingerprint density at radius 1 is 1.55 bits per heavy atom. The van der Waals surface area contributed by atoms with Crippen molar-refractivity contribution in [3.8, 4) is 0 Å². The van der Waals surface area contributed by atoms with Crippen LogP contribution in [0.15, 0.2) is 12.7 Å². The number of nitrogens with one attached hydrogen (secondary N) is 1. The van der Waals surface area contributed by atoms with Gasteiger partial charge in [0.25, 0.3) is 0 Å². The summed E-state index contributed by atoms with van der Waals surface area (Å²) in [6.45, 7) is 5.99. The van der Waals surface area contributed by atoms with Crippen molar-refractivity contribution in [2.75, 3.05) is 34.2 Å². The molecule has 0 spiro atoms. The third-order valence-corrected chi connectivity index (χ3v) is 1.70. The van der Waals surface area contributed by atoms with Crippen LogP contribution in [0.1, 0.15) is 6.42 Å². The topological polar surface area (TPSA) is 15.3 Å². The zero-order chi connectivity index (χ0) is 8.69. The lowest BCUT2D eigenvalue weighted by Gasteiger charge is -2.16. The highest BCUT2D eigenvalue weighted by Gasteiger charge is 2.03. The molecule has 11 heavy (non-hydrogen) atoms. The van der Waals surface area contributed by atoms with Crippen LogP contribution < -0.4 is 5.32 Å². The summed E-state index contributed by atoms with van der Waals surface area (Å²) in [7, 11) is 6.17. The van der Waals surface area contributed by atoms with E-state index in [-0.39, 0.29) is 0 Å². The lowest BCUT2D eigenvalue weighted by Crippen LogP contribution is -2.23. The van der Waals surface area contributed by atoms with Gasteiger partial charge in [0.1, 0.15) is 0 Å². The first-order valence-corrected chi connectivity index (χ1v) is 4.12. The minimum Gasteiger partial charge on any atom is -0.320 e. The number of nitrogens with zero attached hydrogens (tertiary/aromatic N) is 1. The van der Waals surface area contributed by atoms with Gasteiger partial charge in [-0.3, -0.25) is 0 Å². The monoisotopic (exact) mass is 156 g/mol. The van der Waals surface area contributed by atoms with Gasteiger partial charge in [0, 0.05) is 6.54 Å². The number of hydrogen-bond acceptors (Lipinski definition) is 2. The second-order valence-corrected chi connectivity index (χ2v) is 3.15. The van der Waals surface area contributed by atoms with E-state index in [2.05, 4.69) is 30.9 Å². The zero-order valence-electron chi connectivity index (χ0n) is 7.93. The predicted molar refractivity (Wildman–Crippen MR) is 50.8 cm³/mol. The first-order chi connectivity index (χ1) is 5.20. The van der Waals surface area contributed by atoms with Crippen molar-refractivity contribution >= 4 is 0 Å². The van der Waals surface area contributed by atoms with Crippen molar-refractivity contribution < 1.29 is 0 Å². The molecule has 0 radical (unpaired) electrons. The summed E-state index contributed by atoms with van der Waals surface area (Å²) >= 11 is 0. The molecule has 66 valence electrons. The second-order valence-electron chi connectivity index (χ2n) is 3.15. The fourth-order valence-electron chi connectivity index (χ4n) is 1.08. The molecule has 1 unspecified atom stereocenters. The summed E-state index contributed by atoms with van der Waals surface area (Å²) < 4.78 is 0. The van der Waals surface area contributed by atoms with Crippen LogP contribution in [0.2, 0.25) is 0 Å². The van der Waals surface area contributed by atoms with Gasteiger partial charge in [0.05, 0.1) is 0 Å². The van der Waals surface area contributed by atoms with Crippen LogP contribution in [0.25, 0.3) is 0 Å². The van der Waals surface area contributed by atoms with Crippen LogP contribution in [-0.2, 0) is 0 Å². The maximum atomic E-state index is 3.81. The molecule has 0 saturated heterocycles. The van der Waals surface area contributed by atoms with Gasteiger partial charge in [-0.25, -0.2) is 0 Å². The first kappa shape index (κ1) is 10.7. The van der Waals surface area contributed by atoms with Gasteiger partial charge >= 0.3 is 0 Å². The molecule has 1 N–H and O–H groups in total. The fraction of sp³-hybridized carbons (Fsp3) is 0.778. The third kappa shape index (κ3) is 6.07. The Morgan fingerprint density at radius 2 is 2.18 bits per heavy atom. The van der Waals surface area contributed by atoms with Crippen LogP contribution >= 0.6 is 0 Å². The standard InChI is InChI=1S/C9H20N2/c1-5-9(6-7-10-2)8-11(3)4/h5,9-10H,1,6-8H2,2-4H3. The smallest absolute Gasteiger partial charge is 0.00386 e. The quantitative estimate of drug-likeness (QED) is 0.576. The Labute approximate surface area is 70.3 Å². The van der Waals surface area contributed by atoms with Crippen molar-refractivity contribution in [2.45, 2.75) is 6.42 Å². The maximum absolute atomic E-state index is 3.81. The van der Waals surface area contributed by atoms with Gasteiger partial charge in [-0.05, 0) is 40.0 Å². The van der Waals surface area contributed by atoms with Gasteiger partial charge in [-0.2, -0.15) is 0 Å². The Kier molecular flexibility index (Phi) is 6.18. The molecule has 0 aromatic rings. The lowest BCUT2D eigenvalue weighted by molar-refractivity contribution is 0.347. The Morgan fingerprint density at radius 3 is 2.55 bits per heavy atom. The highest BCUT2D eigenvalue weighted by molar-refractivity contribution is 4.80. The van der Waals surface area contributed by atoms with Gasteiger partial charge in [-0.1, -0.05) is 6.08 Å². The van der Waals surface area contributed by atoms with Crippen molar-refractivity contribution in [2.24, 2.45) is 5.92 Å². The van der Waals surface area contributed by atoms with Gasteiger partial charge in [-0.15, -0.1) is 6.58 Å². The normalized spacial score (nSPS) is 13.5. The van der Waals surface area contributed by atoms with Crippen LogP contribution in [0.3, 0.4) is 0 Å². The second kappa shape index (κ2) is 6.38. The molecule has 1 atom stereocenters. The van der Waals surface area contributed by atoms with E-state index in [9.17, 15) is 0 Å². The van der Waals surface area contributed by atoms with E-state index in [0.29, 0.717) is 5.92 Å². The van der Waals surface area contributed by atoms with Crippen molar-refractivity contribution in [1.82, 2.24) is 10.2 Å². The van der Waals surface area contributed by atoms with Crippen molar-refractivity contribution in [3.63, 3.8) is 0 Å². The van der Waals surface area contributed by atoms with Crippen LogP contribution in [0, 0.1) is 5.92 Å². The molecule has 0 fully saturated rings. The van der Waals surface area contributed by atoms with E-state index in [1.54, 1.807) is 0 Å². The third-order valence-electron chi connectivity index (χ3n) is 1.70. The summed E-state index contributed by atoms with van der Waals surface area (Å²) in [5, 5.41) is 3.14. The Bertz CT molecular complexity index is 99.7. The number of rotatable bonds is 6. The minimum absolute atomic E-state index is 0.623. The van der Waals surface area contributed by atoms with Crippen LogP contribution in [0.4, 0.5) is 0 Å². The molecule has 0 saturated carbocycles. The molecule has 0 aliphatic heterocycles. The van der Waals surface area contributed by atoms with Gasteiger partial charge in [0.15, 0.2) is 0 Å². The van der Waals surface area contributed by atoms with Crippen molar-refractivity contribution in [1.29, 1.82) is 0 Å². The molecule has 0 aromatic heterocycles. The van der Waals surface area contributed by atoms with Crippen LogP contribution in [0.5, 0.6) is 0 Å². The van der Waals surface area contributed by atoms with E-state index >= 15 is 0 Å². The van der Waals surface area contributed by atoms with Gasteiger partial charge < -0.3 is 10.2 Å². The highest BCUT2D eigenvalue weighted by atomic mass is 15.1. The summed E-state index contributed by atoms with van der Waals surface area (Å²) in [5.41, 5.74) is 0. The van der Waals surface area contributed by atoms with E-state index in [4.69, 9.17) is 0 Å². The molecular formula is C9H20N2.